The SMILES string of the molecule is Cc1n[nH]c(C)c1S(=O)(=O)n1c(=O)c(C)cc2ccc(N)cc21. The number of fused-ring (bicyclic) bond motifs is 1. The number of nitrogens with zero attached hydrogens (tertiary/aromatic N) is 2. The smallest absolute Gasteiger partial charge is 0.274 e. The van der Waals surface area contributed by atoms with Crippen molar-refractivity contribution in [3.63, 3.8) is 0 Å². The van der Waals surface area contributed by atoms with Crippen LogP contribution in [0.15, 0.2) is 34.0 Å². The quantitative estimate of drug-likeness (QED) is 0.690. The van der Waals surface area contributed by atoms with E-state index in [1.165, 1.54) is 6.07 Å². The molecule has 0 bridgehead atoms. The Bertz CT molecular complexity index is 1070. The summed E-state index contributed by atoms with van der Waals surface area (Å²) in [5.74, 6) is 0. The molecule has 1 aromatic carbocycles. The third kappa shape index (κ3) is 2.22. The minimum absolute atomic E-state index is 0.00826. The summed E-state index contributed by atoms with van der Waals surface area (Å²) in [6.07, 6.45) is 0. The number of anilines is 1. The van der Waals surface area contributed by atoms with Crippen LogP contribution in [0.3, 0.4) is 0 Å². The molecule has 0 aliphatic rings. The van der Waals surface area contributed by atoms with Crippen molar-refractivity contribution in [1.82, 2.24) is 14.2 Å². The van der Waals surface area contributed by atoms with Crippen LogP contribution >= 0.6 is 0 Å². The molecule has 0 unspecified atom stereocenters. The molecule has 0 aliphatic carbocycles. The fraction of sp³-hybridized carbons (Fsp3) is 0.200. The minimum Gasteiger partial charge on any atom is -0.399 e. The Kier molecular flexibility index (Phi) is 3.29. The standard InChI is InChI=1S/C15H16N4O3S/c1-8-6-11-4-5-12(16)7-13(11)19(15(8)20)23(21,22)14-9(2)17-18-10(14)3/h4-7H,16H2,1-3H3,(H,17,18). The van der Waals surface area contributed by atoms with Crippen LogP contribution in [-0.2, 0) is 10.0 Å². The molecule has 120 valence electrons. The molecule has 3 N–H and O–H groups in total. The van der Waals surface area contributed by atoms with Crippen molar-refractivity contribution in [3.8, 4) is 0 Å². The molecule has 2 heterocycles. The summed E-state index contributed by atoms with van der Waals surface area (Å²) in [4.78, 5) is 12.6. The highest BCUT2D eigenvalue weighted by atomic mass is 32.2. The van der Waals surface area contributed by atoms with E-state index in [1.807, 2.05) is 0 Å². The third-order valence-electron chi connectivity index (χ3n) is 3.73. The van der Waals surface area contributed by atoms with E-state index in [4.69, 9.17) is 5.73 Å². The van der Waals surface area contributed by atoms with Crippen molar-refractivity contribution in [3.05, 3.63) is 51.6 Å². The van der Waals surface area contributed by atoms with Gasteiger partial charge in [-0.3, -0.25) is 9.89 Å². The van der Waals surface area contributed by atoms with Gasteiger partial charge in [0, 0.05) is 11.3 Å². The lowest BCUT2D eigenvalue weighted by Gasteiger charge is -2.13. The Balaban J connectivity index is 2.51. The van der Waals surface area contributed by atoms with Crippen LogP contribution in [-0.4, -0.2) is 22.6 Å². The molecule has 0 fully saturated rings. The molecule has 0 spiro atoms. The van der Waals surface area contributed by atoms with Crippen LogP contribution in [0.25, 0.3) is 10.9 Å². The van der Waals surface area contributed by atoms with Crippen LogP contribution in [0.2, 0.25) is 0 Å². The zero-order valence-electron chi connectivity index (χ0n) is 12.9. The van der Waals surface area contributed by atoms with Crippen molar-refractivity contribution in [2.24, 2.45) is 0 Å². The average molecular weight is 332 g/mol. The summed E-state index contributed by atoms with van der Waals surface area (Å²) in [6, 6.07) is 6.49. The van der Waals surface area contributed by atoms with Gasteiger partial charge in [0.15, 0.2) is 0 Å². The highest BCUT2D eigenvalue weighted by Crippen LogP contribution is 2.24. The normalized spacial score (nSPS) is 12.0. The summed E-state index contributed by atoms with van der Waals surface area (Å²) in [7, 11) is -4.10. The Labute approximate surface area is 132 Å². The molecule has 2 aromatic heterocycles. The van der Waals surface area contributed by atoms with Crippen molar-refractivity contribution in [1.29, 1.82) is 0 Å². The molecule has 0 aliphatic heterocycles. The highest BCUT2D eigenvalue weighted by molar-refractivity contribution is 7.90. The second kappa shape index (κ2) is 4.95. The Hall–Kier alpha value is -2.61. The van der Waals surface area contributed by atoms with Gasteiger partial charge >= 0.3 is 0 Å². The number of aromatic amines is 1. The van der Waals surface area contributed by atoms with Gasteiger partial charge in [0.2, 0.25) is 0 Å². The second-order valence-electron chi connectivity index (χ2n) is 5.48. The van der Waals surface area contributed by atoms with Crippen molar-refractivity contribution >= 4 is 26.6 Å². The predicted molar refractivity (Wildman–Crippen MR) is 88.0 cm³/mol. The highest BCUT2D eigenvalue weighted by Gasteiger charge is 2.27. The molecule has 0 saturated heterocycles. The molecule has 7 nitrogen and oxygen atoms in total. The molecule has 3 rings (SSSR count). The lowest BCUT2D eigenvalue weighted by molar-refractivity contribution is 0.586. The van der Waals surface area contributed by atoms with Crippen LogP contribution in [0.4, 0.5) is 5.69 Å². The molecular formula is C15H16N4O3S. The number of benzene rings is 1. The van der Waals surface area contributed by atoms with Gasteiger partial charge in [-0.1, -0.05) is 6.07 Å². The van der Waals surface area contributed by atoms with E-state index < -0.39 is 15.6 Å². The molecule has 8 heteroatoms. The van der Waals surface area contributed by atoms with Gasteiger partial charge in [-0.05, 0) is 44.4 Å². The Morgan fingerprint density at radius 2 is 1.87 bits per heavy atom. The number of rotatable bonds is 2. The number of hydrogen-bond acceptors (Lipinski definition) is 5. The zero-order chi connectivity index (χ0) is 16.9. The first-order valence-corrected chi connectivity index (χ1v) is 8.36. The van der Waals surface area contributed by atoms with E-state index >= 15 is 0 Å². The number of H-pyrrole nitrogens is 1. The fourth-order valence-electron chi connectivity index (χ4n) is 2.67. The zero-order valence-corrected chi connectivity index (χ0v) is 13.7. The molecule has 0 atom stereocenters. The average Bonchev–Trinajstić information content (AvgIpc) is 2.80. The minimum atomic E-state index is -4.10. The van der Waals surface area contributed by atoms with Crippen LogP contribution in [0, 0.1) is 20.8 Å². The number of pyridine rings is 1. The molecular weight excluding hydrogens is 316 g/mol. The van der Waals surface area contributed by atoms with Crippen molar-refractivity contribution in [2.45, 2.75) is 25.7 Å². The van der Waals surface area contributed by atoms with Crippen molar-refractivity contribution < 1.29 is 8.42 Å². The van der Waals surface area contributed by atoms with Gasteiger partial charge in [0.1, 0.15) is 4.90 Å². The van der Waals surface area contributed by atoms with Gasteiger partial charge < -0.3 is 5.73 Å². The predicted octanol–water partition coefficient (Wildman–Crippen LogP) is 1.47. The molecule has 23 heavy (non-hydrogen) atoms. The van der Waals surface area contributed by atoms with Gasteiger partial charge in [-0.25, -0.2) is 8.42 Å². The monoisotopic (exact) mass is 332 g/mol. The lowest BCUT2D eigenvalue weighted by atomic mass is 10.1. The molecule has 3 aromatic rings. The van der Waals surface area contributed by atoms with E-state index in [0.29, 0.717) is 28.0 Å². The van der Waals surface area contributed by atoms with E-state index in [-0.39, 0.29) is 10.4 Å². The first kappa shape index (κ1) is 15.3. The Morgan fingerprint density at radius 1 is 1.17 bits per heavy atom. The second-order valence-corrected chi connectivity index (χ2v) is 7.21. The summed E-state index contributed by atoms with van der Waals surface area (Å²) in [5, 5.41) is 7.17. The van der Waals surface area contributed by atoms with Crippen LogP contribution < -0.4 is 11.3 Å². The first-order chi connectivity index (χ1) is 10.7. The topological polar surface area (TPSA) is 111 Å². The third-order valence-corrected chi connectivity index (χ3v) is 5.69. The molecule has 0 radical (unpaired) electrons. The molecule has 0 amide bonds. The number of nitrogen functional groups attached to an aromatic ring is 1. The van der Waals surface area contributed by atoms with E-state index in [2.05, 4.69) is 10.2 Å². The van der Waals surface area contributed by atoms with Crippen LogP contribution in [0.5, 0.6) is 0 Å². The lowest BCUT2D eigenvalue weighted by Crippen LogP contribution is -2.30. The van der Waals surface area contributed by atoms with Gasteiger partial charge in [0.05, 0.1) is 16.9 Å². The van der Waals surface area contributed by atoms with Gasteiger partial charge in [-0.15, -0.1) is 0 Å². The first-order valence-electron chi connectivity index (χ1n) is 6.92. The number of nitrogens with two attached hydrogens (primary N) is 1. The van der Waals surface area contributed by atoms with Crippen LogP contribution in [0.1, 0.15) is 17.0 Å². The van der Waals surface area contributed by atoms with Gasteiger partial charge in [-0.2, -0.15) is 9.07 Å². The maximum atomic E-state index is 13.1. The summed E-state index contributed by atoms with van der Waals surface area (Å²) in [6.45, 7) is 4.76. The summed E-state index contributed by atoms with van der Waals surface area (Å²) < 4.78 is 27.0. The van der Waals surface area contributed by atoms with E-state index in [0.717, 1.165) is 3.97 Å². The Morgan fingerprint density at radius 3 is 2.48 bits per heavy atom. The maximum absolute atomic E-state index is 13.1. The largest absolute Gasteiger partial charge is 0.399 e. The summed E-state index contributed by atoms with van der Waals surface area (Å²) in [5.41, 5.74) is 6.84. The number of aryl methyl sites for hydroxylation is 3. The number of aromatic nitrogens is 3. The molecule has 0 saturated carbocycles. The van der Waals surface area contributed by atoms with E-state index in [9.17, 15) is 13.2 Å². The summed E-state index contributed by atoms with van der Waals surface area (Å²) >= 11 is 0. The van der Waals surface area contributed by atoms with E-state index in [1.54, 1.807) is 39.0 Å². The van der Waals surface area contributed by atoms with Gasteiger partial charge in [0.25, 0.3) is 15.6 Å². The number of hydrogen-bond donors (Lipinski definition) is 2. The fourth-order valence-corrected chi connectivity index (χ4v) is 4.49. The maximum Gasteiger partial charge on any atom is 0.274 e. The number of nitrogens with one attached hydrogen (secondary N) is 1. The van der Waals surface area contributed by atoms with Crippen molar-refractivity contribution in [2.75, 3.05) is 5.73 Å².